The first-order chi connectivity index (χ1) is 26.9. The van der Waals surface area contributed by atoms with Gasteiger partial charge >= 0.3 is 302 Å². The number of benzene rings is 1. The molecule has 0 fully saturated rings. The number of thioether (sulfide) groups is 2. The summed E-state index contributed by atoms with van der Waals surface area (Å²) in [5.41, 5.74) is 3.10. The average Bonchev–Trinajstić information content (AvgIpc) is 3.99. The van der Waals surface area contributed by atoms with E-state index in [-0.39, 0.29) is 0 Å². The van der Waals surface area contributed by atoms with Crippen LogP contribution in [0, 0.1) is 11.8 Å². The van der Waals surface area contributed by atoms with Gasteiger partial charge in [0.15, 0.2) is 0 Å². The van der Waals surface area contributed by atoms with Crippen LogP contribution in [0.1, 0.15) is 130 Å². The summed E-state index contributed by atoms with van der Waals surface area (Å²) in [7, 11) is 0. The van der Waals surface area contributed by atoms with Crippen molar-refractivity contribution in [3.8, 4) is 20.9 Å². The maximum absolute atomic E-state index is 2.69. The Labute approximate surface area is 376 Å². The molecule has 4 heterocycles. The second-order valence-electron chi connectivity index (χ2n) is 18.5. The molecule has 0 nitrogen and oxygen atoms in total. The molecule has 0 N–H and O–H groups in total. The fourth-order valence-corrected chi connectivity index (χ4v) is 25.6. The van der Waals surface area contributed by atoms with Crippen LogP contribution in [0.15, 0.2) is 44.8 Å². The van der Waals surface area contributed by atoms with E-state index in [4.69, 9.17) is 0 Å². The molecule has 0 saturated carbocycles. The van der Waals surface area contributed by atoms with E-state index in [2.05, 4.69) is 163 Å². The predicted molar refractivity (Wildman–Crippen MR) is 275 cm³/mol. The van der Waals surface area contributed by atoms with Crippen LogP contribution in [0.5, 0.6) is 0 Å². The Kier molecular flexibility index (Phi) is 19.9. The summed E-state index contributed by atoms with van der Waals surface area (Å²) in [5, 5.41) is 3.09. The van der Waals surface area contributed by atoms with E-state index in [9.17, 15) is 0 Å². The molecule has 0 aliphatic carbocycles. The van der Waals surface area contributed by atoms with E-state index in [1.54, 1.807) is 37.1 Å². The second-order valence-corrected chi connectivity index (χ2v) is 56.3. The predicted octanol–water partition coefficient (Wildman–Crippen LogP) is 18.4. The summed E-state index contributed by atoms with van der Waals surface area (Å²) in [4.78, 5) is 18.7. The monoisotopic (exact) mass is 1080 g/mol. The molecule has 2 unspecified atom stereocenters. The molecule has 0 amide bonds. The Balaban J connectivity index is 1.53. The standard InChI is InChI=1S/C42H56S6.6CH3.2Sn/c1-5-9-13-15-19-31(17-11-7-3)29-45-37-23-21-35(47-37)39-33-25-27-44-42(33)40(34-26-28-43-41(34)39)36-22-24-38(48-36)46-30-32(18-12-8-4)20-16-14-10-6-2;;;;;;;;/h21-26,31-32H,5-20,29-30H2,1-4H3;6*1H3;;. The van der Waals surface area contributed by atoms with Gasteiger partial charge in [0, 0.05) is 0 Å². The fourth-order valence-electron chi connectivity index (χ4n) is 7.79. The zero-order chi connectivity index (χ0) is 40.3. The SMILES string of the molecule is CCCCCCC(CCCC)CSc1ccc(-c2c3c[c]([Sn]([CH3])([CH3])[CH3])sc3c(-c3ccc(SCC(CCCC)CCCCCC)s3)c3c[c]([Sn]([CH3])([CH3])[CH3])sc23)s1. The van der Waals surface area contributed by atoms with Crippen molar-refractivity contribution in [3.63, 3.8) is 0 Å². The molecule has 8 heteroatoms. The number of hydrogen-bond donors (Lipinski definition) is 0. The minimum absolute atomic E-state index is 0.847. The van der Waals surface area contributed by atoms with Crippen molar-refractivity contribution in [2.24, 2.45) is 11.8 Å². The van der Waals surface area contributed by atoms with Crippen molar-refractivity contribution < 1.29 is 0 Å². The number of thiophene rings is 4. The van der Waals surface area contributed by atoms with Crippen molar-refractivity contribution in [2.45, 2.75) is 168 Å². The molecule has 310 valence electrons. The molecule has 4 aromatic heterocycles. The fraction of sp³-hybridized carbons (Fsp3) is 0.625. The molecule has 0 radical (unpaired) electrons. The van der Waals surface area contributed by atoms with Gasteiger partial charge in [-0.1, -0.05) is 79.1 Å². The van der Waals surface area contributed by atoms with Crippen molar-refractivity contribution in [1.82, 2.24) is 0 Å². The molecule has 0 bridgehead atoms. The molecular weight excluding hydrogens is 1010 g/mol. The molecule has 0 aliphatic heterocycles. The topological polar surface area (TPSA) is 0 Å². The van der Waals surface area contributed by atoms with Gasteiger partial charge in [0.2, 0.25) is 0 Å². The Hall–Kier alpha value is 0.837. The first-order valence-electron chi connectivity index (χ1n) is 22.4. The summed E-state index contributed by atoms with van der Waals surface area (Å²) in [6.07, 6.45) is 22.0. The van der Waals surface area contributed by atoms with E-state index in [1.165, 1.54) is 132 Å². The van der Waals surface area contributed by atoms with Crippen LogP contribution in [0.2, 0.25) is 29.6 Å². The van der Waals surface area contributed by atoms with E-state index in [0.717, 1.165) is 11.8 Å². The van der Waals surface area contributed by atoms with Crippen LogP contribution in [0.4, 0.5) is 0 Å². The van der Waals surface area contributed by atoms with Crippen molar-refractivity contribution in [1.29, 1.82) is 0 Å². The Morgan fingerprint density at radius 2 is 0.839 bits per heavy atom. The zero-order valence-electron chi connectivity index (χ0n) is 36.8. The van der Waals surface area contributed by atoms with Gasteiger partial charge in [-0.25, -0.2) is 0 Å². The van der Waals surface area contributed by atoms with Gasteiger partial charge in [0.1, 0.15) is 0 Å². The van der Waals surface area contributed by atoms with Crippen molar-refractivity contribution in [2.75, 3.05) is 11.5 Å². The van der Waals surface area contributed by atoms with Gasteiger partial charge in [-0.15, -0.1) is 0 Å². The second kappa shape index (κ2) is 23.3. The Morgan fingerprint density at radius 3 is 1.20 bits per heavy atom. The first kappa shape index (κ1) is 47.9. The molecular formula is C48H74S6Sn2. The van der Waals surface area contributed by atoms with Gasteiger partial charge in [0.05, 0.1) is 0 Å². The molecule has 0 saturated heterocycles. The molecule has 2 atom stereocenters. The van der Waals surface area contributed by atoms with Gasteiger partial charge in [-0.3, -0.25) is 0 Å². The number of rotatable bonds is 26. The maximum atomic E-state index is 2.69. The summed E-state index contributed by atoms with van der Waals surface area (Å²) in [6.45, 7) is 9.38. The first-order valence-corrected chi connectivity index (χ1v) is 47.6. The van der Waals surface area contributed by atoms with Gasteiger partial charge in [-0.05, 0) is 0 Å². The van der Waals surface area contributed by atoms with Gasteiger partial charge < -0.3 is 0 Å². The normalized spacial score (nSPS) is 13.8. The van der Waals surface area contributed by atoms with Crippen LogP contribution in [0.25, 0.3) is 41.1 Å². The summed E-state index contributed by atoms with van der Waals surface area (Å²) in [6, 6.07) is 15.3. The van der Waals surface area contributed by atoms with Crippen molar-refractivity contribution >= 4 is 132 Å². The Morgan fingerprint density at radius 1 is 0.464 bits per heavy atom. The summed E-state index contributed by atoms with van der Waals surface area (Å²) < 4.78 is 9.58. The molecule has 0 aliphatic rings. The van der Waals surface area contributed by atoms with E-state index in [1.807, 2.05) is 0 Å². The third-order valence-corrected chi connectivity index (χ3v) is 37.7. The number of fused-ring (bicyclic) bond motifs is 2. The van der Waals surface area contributed by atoms with Crippen LogP contribution >= 0.6 is 68.9 Å². The molecule has 5 rings (SSSR count). The summed E-state index contributed by atoms with van der Waals surface area (Å²) in [5.74, 6) is 4.24. The Bertz CT molecular complexity index is 1720. The van der Waals surface area contributed by atoms with Gasteiger partial charge in [0.25, 0.3) is 0 Å². The van der Waals surface area contributed by atoms with Crippen molar-refractivity contribution in [3.05, 3.63) is 36.4 Å². The van der Waals surface area contributed by atoms with E-state index in [0.29, 0.717) is 0 Å². The van der Waals surface area contributed by atoms with Crippen LogP contribution in [0.3, 0.4) is 0 Å². The quantitative estimate of drug-likeness (QED) is 0.0307. The number of unbranched alkanes of at least 4 members (excludes halogenated alkanes) is 8. The van der Waals surface area contributed by atoms with Gasteiger partial charge in [-0.2, -0.15) is 0 Å². The molecule has 56 heavy (non-hydrogen) atoms. The van der Waals surface area contributed by atoms with E-state index < -0.39 is 36.8 Å². The molecule has 0 spiro atoms. The average molecular weight is 1080 g/mol. The summed E-state index contributed by atoms with van der Waals surface area (Å²) >= 11 is 8.08. The molecule has 5 aromatic rings. The van der Waals surface area contributed by atoms with Crippen LogP contribution < -0.4 is 5.79 Å². The van der Waals surface area contributed by atoms with Crippen LogP contribution in [-0.4, -0.2) is 48.3 Å². The third kappa shape index (κ3) is 13.4. The molecule has 1 aromatic carbocycles. The minimum atomic E-state index is -2.36. The third-order valence-electron chi connectivity index (χ3n) is 11.4. The van der Waals surface area contributed by atoms with E-state index >= 15 is 0 Å². The number of hydrogen-bond acceptors (Lipinski definition) is 6. The van der Waals surface area contributed by atoms with Crippen LogP contribution in [-0.2, 0) is 0 Å². The zero-order valence-corrected chi connectivity index (χ0v) is 47.4.